The zero-order chi connectivity index (χ0) is 23.8. The molecule has 1 aromatic carbocycles. The van der Waals surface area contributed by atoms with Crippen LogP contribution in [0.25, 0.3) is 0 Å². The minimum absolute atomic E-state index is 0.0589. The summed E-state index contributed by atoms with van der Waals surface area (Å²) in [5, 5.41) is 12.5. The molecular formula is C25H32N2O6. The summed E-state index contributed by atoms with van der Waals surface area (Å²) in [5.41, 5.74) is -1.41. The highest BCUT2D eigenvalue weighted by Gasteiger charge is 2.80. The van der Waals surface area contributed by atoms with E-state index in [1.807, 2.05) is 31.0 Å². The fraction of sp³-hybridized carbons (Fsp3) is 0.600. The largest absolute Gasteiger partial charge is 0.497 e. The monoisotopic (exact) mass is 456 g/mol. The van der Waals surface area contributed by atoms with E-state index in [1.54, 1.807) is 7.11 Å². The molecule has 1 spiro atoms. The van der Waals surface area contributed by atoms with Crippen LogP contribution in [-0.4, -0.2) is 80.1 Å². The first-order valence-electron chi connectivity index (χ1n) is 11.5. The number of carbonyl (C=O) groups excluding carboxylic acids is 2. The standard InChI is InChI=1S/C25H32N2O6/c1-6-23-10-7-12-27-13-11-24(19(23)27)17-9-8-16(31-4)14-18(17)26(3)20(24)25(30,22(29)32-5)21(23)33-15(2)28/h7-10,14,19-21,30H,6,11-13H2,1-5H3/t19?,20-,21-,23-,24-,25+/m1/s1. The van der Waals surface area contributed by atoms with Crippen molar-refractivity contribution in [3.05, 3.63) is 35.9 Å². The van der Waals surface area contributed by atoms with Crippen molar-refractivity contribution in [2.45, 2.75) is 55.9 Å². The molecule has 8 heteroatoms. The number of hydrogen-bond donors (Lipinski definition) is 1. The Bertz CT molecular complexity index is 1040. The van der Waals surface area contributed by atoms with Crippen molar-refractivity contribution >= 4 is 17.6 Å². The van der Waals surface area contributed by atoms with E-state index < -0.39 is 40.5 Å². The first-order chi connectivity index (χ1) is 15.7. The van der Waals surface area contributed by atoms with E-state index in [2.05, 4.69) is 23.1 Å². The van der Waals surface area contributed by atoms with Crippen molar-refractivity contribution < 1.29 is 28.9 Å². The molecule has 0 amide bonds. The maximum atomic E-state index is 13.5. The molecule has 1 unspecified atom stereocenters. The Labute approximate surface area is 194 Å². The minimum atomic E-state index is -2.08. The highest BCUT2D eigenvalue weighted by Crippen LogP contribution is 2.67. The normalized spacial score (nSPS) is 38.4. The fourth-order valence-electron chi connectivity index (χ4n) is 7.68. The molecule has 8 nitrogen and oxygen atoms in total. The van der Waals surface area contributed by atoms with Gasteiger partial charge in [0.15, 0.2) is 6.10 Å². The lowest BCUT2D eigenvalue weighted by atomic mass is 9.47. The Hall–Kier alpha value is -2.58. The van der Waals surface area contributed by atoms with Gasteiger partial charge in [-0.2, -0.15) is 0 Å². The fourth-order valence-corrected chi connectivity index (χ4v) is 7.68. The molecule has 33 heavy (non-hydrogen) atoms. The van der Waals surface area contributed by atoms with Crippen LogP contribution in [0, 0.1) is 5.41 Å². The maximum absolute atomic E-state index is 13.5. The van der Waals surface area contributed by atoms with Crippen molar-refractivity contribution in [1.82, 2.24) is 4.90 Å². The van der Waals surface area contributed by atoms with Gasteiger partial charge in [-0.05, 0) is 31.0 Å². The van der Waals surface area contributed by atoms with Crippen LogP contribution in [0.1, 0.15) is 32.3 Å². The van der Waals surface area contributed by atoms with Crippen molar-refractivity contribution in [2.24, 2.45) is 5.41 Å². The van der Waals surface area contributed by atoms with Gasteiger partial charge in [-0.15, -0.1) is 0 Å². The van der Waals surface area contributed by atoms with Crippen LogP contribution in [-0.2, 0) is 24.5 Å². The molecule has 0 aromatic heterocycles. The molecule has 4 aliphatic rings. The predicted molar refractivity (Wildman–Crippen MR) is 121 cm³/mol. The van der Waals surface area contributed by atoms with Crippen LogP contribution >= 0.6 is 0 Å². The maximum Gasteiger partial charge on any atom is 0.344 e. The molecule has 178 valence electrons. The molecule has 3 heterocycles. The number of likely N-dealkylation sites (N-methyl/N-ethyl adjacent to an activating group) is 1. The van der Waals surface area contributed by atoms with Crippen LogP contribution in [0.4, 0.5) is 5.69 Å². The molecular weight excluding hydrogens is 424 g/mol. The van der Waals surface area contributed by atoms with E-state index in [-0.39, 0.29) is 6.04 Å². The molecule has 5 rings (SSSR count). The minimum Gasteiger partial charge on any atom is -0.497 e. The Morgan fingerprint density at radius 1 is 1.24 bits per heavy atom. The summed E-state index contributed by atoms with van der Waals surface area (Å²) in [7, 11) is 4.77. The van der Waals surface area contributed by atoms with Gasteiger partial charge in [0.05, 0.1) is 20.3 Å². The molecule has 1 aromatic rings. The molecule has 1 saturated heterocycles. The number of benzene rings is 1. The van der Waals surface area contributed by atoms with Gasteiger partial charge < -0.3 is 24.2 Å². The van der Waals surface area contributed by atoms with Crippen molar-refractivity contribution in [2.75, 3.05) is 39.3 Å². The number of nitrogens with zero attached hydrogens (tertiary/aromatic N) is 2. The SMILES string of the molecule is CC[C@]12C=CCN3CC[C@@]4(c5ccc(OC)cc5N(C)[C@H]4[C@@](O)(C(=O)OC)[C@@H]1OC(C)=O)C32. The zero-order valence-electron chi connectivity index (χ0n) is 19.8. The molecule has 1 saturated carbocycles. The number of rotatable bonds is 4. The molecule has 2 fully saturated rings. The van der Waals surface area contributed by atoms with E-state index in [1.165, 1.54) is 14.0 Å². The summed E-state index contributed by atoms with van der Waals surface area (Å²) in [6.45, 7) is 4.94. The molecule has 6 atom stereocenters. The van der Waals surface area contributed by atoms with Gasteiger partial charge in [0.1, 0.15) is 5.75 Å². The van der Waals surface area contributed by atoms with Crippen molar-refractivity contribution in [3.8, 4) is 5.75 Å². The summed E-state index contributed by atoms with van der Waals surface area (Å²) in [6.07, 6.45) is 4.40. The van der Waals surface area contributed by atoms with Crippen LogP contribution in [0.5, 0.6) is 5.75 Å². The average molecular weight is 457 g/mol. The van der Waals surface area contributed by atoms with Gasteiger partial charge in [-0.1, -0.05) is 25.1 Å². The van der Waals surface area contributed by atoms with Gasteiger partial charge in [0.2, 0.25) is 5.60 Å². The van der Waals surface area contributed by atoms with Crippen LogP contribution in [0.2, 0.25) is 0 Å². The van der Waals surface area contributed by atoms with Crippen molar-refractivity contribution in [3.63, 3.8) is 0 Å². The number of aliphatic hydroxyl groups is 1. The lowest BCUT2D eigenvalue weighted by molar-refractivity contribution is -0.228. The van der Waals surface area contributed by atoms with Gasteiger partial charge in [0, 0.05) is 49.1 Å². The van der Waals surface area contributed by atoms with Gasteiger partial charge in [0.25, 0.3) is 0 Å². The lowest BCUT2D eigenvalue weighted by Gasteiger charge is -2.63. The predicted octanol–water partition coefficient (Wildman–Crippen LogP) is 1.64. The van der Waals surface area contributed by atoms with Gasteiger partial charge >= 0.3 is 11.9 Å². The van der Waals surface area contributed by atoms with Gasteiger partial charge in [-0.3, -0.25) is 9.69 Å². The Kier molecular flexibility index (Phi) is 4.85. The Morgan fingerprint density at radius 2 is 2.00 bits per heavy atom. The highest BCUT2D eigenvalue weighted by molar-refractivity contribution is 5.87. The topological polar surface area (TPSA) is 88.5 Å². The first kappa shape index (κ1) is 22.2. The average Bonchev–Trinajstić information content (AvgIpc) is 3.32. The van der Waals surface area contributed by atoms with E-state index >= 15 is 0 Å². The summed E-state index contributed by atoms with van der Waals surface area (Å²) < 4.78 is 16.6. The molecule has 0 radical (unpaired) electrons. The zero-order valence-corrected chi connectivity index (χ0v) is 19.8. The molecule has 0 bridgehead atoms. The summed E-state index contributed by atoms with van der Waals surface area (Å²) in [5.74, 6) is -0.617. The molecule has 1 aliphatic carbocycles. The number of ether oxygens (including phenoxy) is 3. The first-order valence-corrected chi connectivity index (χ1v) is 11.5. The third-order valence-electron chi connectivity index (χ3n) is 8.62. The number of carbonyl (C=O) groups is 2. The van der Waals surface area contributed by atoms with E-state index in [4.69, 9.17) is 14.2 Å². The second kappa shape index (κ2) is 7.21. The van der Waals surface area contributed by atoms with E-state index in [9.17, 15) is 14.7 Å². The number of esters is 2. The van der Waals surface area contributed by atoms with Crippen LogP contribution < -0.4 is 9.64 Å². The van der Waals surface area contributed by atoms with Gasteiger partial charge in [-0.25, -0.2) is 4.79 Å². The van der Waals surface area contributed by atoms with E-state index in [0.29, 0.717) is 12.2 Å². The highest BCUT2D eigenvalue weighted by atomic mass is 16.6. The molecule has 3 aliphatic heterocycles. The third-order valence-corrected chi connectivity index (χ3v) is 8.62. The third kappa shape index (κ3) is 2.48. The second-order valence-electron chi connectivity index (χ2n) is 9.76. The van der Waals surface area contributed by atoms with E-state index in [0.717, 1.165) is 30.8 Å². The number of hydrogen-bond acceptors (Lipinski definition) is 8. The summed E-state index contributed by atoms with van der Waals surface area (Å²) >= 11 is 0. The smallest absolute Gasteiger partial charge is 0.344 e. The Morgan fingerprint density at radius 3 is 2.64 bits per heavy atom. The second-order valence-corrected chi connectivity index (χ2v) is 9.76. The number of methoxy groups -OCH3 is 2. The van der Waals surface area contributed by atoms with Crippen LogP contribution in [0.3, 0.4) is 0 Å². The van der Waals surface area contributed by atoms with Crippen LogP contribution in [0.15, 0.2) is 30.4 Å². The quantitative estimate of drug-likeness (QED) is 0.541. The number of fused-ring (bicyclic) bond motifs is 1. The number of anilines is 1. The summed E-state index contributed by atoms with van der Waals surface area (Å²) in [4.78, 5) is 30.2. The Balaban J connectivity index is 1.86. The summed E-state index contributed by atoms with van der Waals surface area (Å²) in [6, 6.07) is 5.22. The van der Waals surface area contributed by atoms with Crippen molar-refractivity contribution in [1.29, 1.82) is 0 Å². The lowest BCUT2D eigenvalue weighted by Crippen LogP contribution is -2.81. The molecule has 1 N–H and O–H groups in total.